The van der Waals surface area contributed by atoms with Crippen LogP contribution in [0.2, 0.25) is 0 Å². The van der Waals surface area contributed by atoms with Crippen molar-refractivity contribution in [3.05, 3.63) is 70.9 Å². The molecule has 1 heterocycles. The van der Waals surface area contributed by atoms with E-state index in [2.05, 4.69) is 5.18 Å². The van der Waals surface area contributed by atoms with Crippen LogP contribution in [0.5, 0.6) is 0 Å². The van der Waals surface area contributed by atoms with Gasteiger partial charge < -0.3 is 0 Å². The van der Waals surface area contributed by atoms with E-state index >= 15 is 0 Å². The topological polar surface area (TPSA) is 50.4 Å². The van der Waals surface area contributed by atoms with Crippen molar-refractivity contribution in [3.8, 4) is 0 Å². The van der Waals surface area contributed by atoms with Crippen LogP contribution in [0.1, 0.15) is 28.9 Å². The average molecular weight is 255 g/mol. The molecule has 2 aromatic rings. The quantitative estimate of drug-likeness (QED) is 0.468. The molecule has 4 heteroatoms. The average Bonchev–Trinajstić information content (AvgIpc) is 2.48. The fourth-order valence-electron chi connectivity index (χ4n) is 1.89. The molecular formula is C15H15N2O2+. The molecule has 1 aromatic heterocycles. The molecule has 1 atom stereocenters. The molecular weight excluding hydrogens is 240 g/mol. The number of ketones is 1. The number of benzene rings is 1. The molecule has 0 saturated carbocycles. The summed E-state index contributed by atoms with van der Waals surface area (Å²) in [7, 11) is 0. The summed E-state index contributed by atoms with van der Waals surface area (Å²) in [6, 6.07) is 12.5. The van der Waals surface area contributed by atoms with E-state index in [1.54, 1.807) is 24.5 Å². The number of nitroso groups, excluding NO2 is 1. The Morgan fingerprint density at radius 3 is 2.37 bits per heavy atom. The first-order valence-corrected chi connectivity index (χ1v) is 6.10. The van der Waals surface area contributed by atoms with E-state index in [4.69, 9.17) is 0 Å². The Morgan fingerprint density at radius 2 is 1.79 bits per heavy atom. The molecule has 4 nitrogen and oxygen atoms in total. The van der Waals surface area contributed by atoms with Gasteiger partial charge >= 0.3 is 0 Å². The Bertz CT molecular complexity index is 564. The largest absolute Gasteiger partial charge is 0.287 e. The molecule has 0 amide bonds. The van der Waals surface area contributed by atoms with Crippen LogP contribution in [0, 0.1) is 4.91 Å². The lowest BCUT2D eigenvalue weighted by Gasteiger charge is -2.06. The van der Waals surface area contributed by atoms with E-state index in [0.717, 1.165) is 5.56 Å². The molecule has 0 saturated heterocycles. The van der Waals surface area contributed by atoms with Crippen molar-refractivity contribution in [2.24, 2.45) is 5.18 Å². The minimum Gasteiger partial charge on any atom is -0.287 e. The third-order valence-corrected chi connectivity index (χ3v) is 3.05. The molecule has 0 radical (unpaired) electrons. The molecule has 0 aliphatic rings. The van der Waals surface area contributed by atoms with Crippen LogP contribution in [0.3, 0.4) is 0 Å². The summed E-state index contributed by atoms with van der Waals surface area (Å²) in [5.74, 6) is 0.0619. The van der Waals surface area contributed by atoms with Crippen LogP contribution in [0.25, 0.3) is 0 Å². The van der Waals surface area contributed by atoms with Gasteiger partial charge in [0.1, 0.15) is 6.54 Å². The molecule has 19 heavy (non-hydrogen) atoms. The molecule has 96 valence electrons. The SMILES string of the molecule is CC(C(=O)c1ccccc1)[n+]1ccc(CN=O)cc1. The van der Waals surface area contributed by atoms with Crippen LogP contribution in [-0.2, 0) is 6.54 Å². The zero-order valence-electron chi connectivity index (χ0n) is 10.7. The van der Waals surface area contributed by atoms with Crippen molar-refractivity contribution < 1.29 is 9.36 Å². The predicted octanol–water partition coefficient (Wildman–Crippen LogP) is 2.68. The number of carbonyl (C=O) groups is 1. The highest BCUT2D eigenvalue weighted by molar-refractivity contribution is 5.97. The van der Waals surface area contributed by atoms with Gasteiger partial charge in [-0.15, -0.1) is 0 Å². The summed E-state index contributed by atoms with van der Waals surface area (Å²) in [4.78, 5) is 22.4. The van der Waals surface area contributed by atoms with Crippen LogP contribution >= 0.6 is 0 Å². The zero-order valence-corrected chi connectivity index (χ0v) is 10.7. The van der Waals surface area contributed by atoms with E-state index in [9.17, 15) is 9.70 Å². The van der Waals surface area contributed by atoms with Gasteiger partial charge in [0.2, 0.25) is 11.8 Å². The second kappa shape index (κ2) is 6.00. The van der Waals surface area contributed by atoms with E-state index in [-0.39, 0.29) is 18.4 Å². The minimum atomic E-state index is -0.277. The molecule has 0 aliphatic carbocycles. The van der Waals surface area contributed by atoms with E-state index in [1.807, 2.05) is 41.8 Å². The molecule has 1 aromatic carbocycles. The van der Waals surface area contributed by atoms with Gasteiger partial charge in [0, 0.05) is 24.6 Å². The summed E-state index contributed by atoms with van der Waals surface area (Å²) in [5.41, 5.74) is 1.53. The first-order chi connectivity index (χ1) is 9.22. The number of rotatable bonds is 5. The number of hydrogen-bond donors (Lipinski definition) is 0. The second-order valence-electron chi connectivity index (χ2n) is 4.35. The van der Waals surface area contributed by atoms with Crippen molar-refractivity contribution >= 4 is 5.78 Å². The monoisotopic (exact) mass is 255 g/mol. The van der Waals surface area contributed by atoms with Crippen molar-refractivity contribution in [2.75, 3.05) is 0 Å². The molecule has 0 aliphatic heterocycles. The predicted molar refractivity (Wildman–Crippen MR) is 71.6 cm³/mol. The minimum absolute atomic E-state index is 0.0619. The first kappa shape index (κ1) is 13.1. The van der Waals surface area contributed by atoms with Crippen molar-refractivity contribution in [1.29, 1.82) is 0 Å². The van der Waals surface area contributed by atoms with Gasteiger partial charge in [0.05, 0.1) is 0 Å². The third kappa shape index (κ3) is 3.10. The second-order valence-corrected chi connectivity index (χ2v) is 4.35. The highest BCUT2D eigenvalue weighted by atomic mass is 16.3. The third-order valence-electron chi connectivity index (χ3n) is 3.05. The van der Waals surface area contributed by atoms with Gasteiger partial charge in [0.15, 0.2) is 12.4 Å². The summed E-state index contributed by atoms with van der Waals surface area (Å²) >= 11 is 0. The van der Waals surface area contributed by atoms with Gasteiger partial charge in [0.25, 0.3) is 0 Å². The summed E-state index contributed by atoms with van der Waals surface area (Å²) in [6.07, 6.45) is 3.60. The van der Waals surface area contributed by atoms with Gasteiger partial charge in [-0.1, -0.05) is 35.5 Å². The maximum absolute atomic E-state index is 12.3. The lowest BCUT2D eigenvalue weighted by atomic mass is 10.1. The highest BCUT2D eigenvalue weighted by Crippen LogP contribution is 2.09. The molecule has 2 rings (SSSR count). The zero-order chi connectivity index (χ0) is 13.7. The Labute approximate surface area is 111 Å². The van der Waals surface area contributed by atoms with Gasteiger partial charge in [-0.05, 0) is 5.56 Å². The summed E-state index contributed by atoms with van der Waals surface area (Å²) < 4.78 is 1.82. The summed E-state index contributed by atoms with van der Waals surface area (Å²) in [5, 5.41) is 2.84. The Balaban J connectivity index is 2.17. The smallest absolute Gasteiger partial charge is 0.230 e. The Morgan fingerprint density at radius 1 is 1.16 bits per heavy atom. The summed E-state index contributed by atoms with van der Waals surface area (Å²) in [6.45, 7) is 2.01. The van der Waals surface area contributed by atoms with Crippen LogP contribution in [-0.4, -0.2) is 5.78 Å². The maximum Gasteiger partial charge on any atom is 0.230 e. The molecule has 0 bridgehead atoms. The number of aromatic nitrogens is 1. The Kier molecular flexibility index (Phi) is 4.13. The fourth-order valence-corrected chi connectivity index (χ4v) is 1.89. The fraction of sp³-hybridized carbons (Fsp3) is 0.200. The molecule has 0 N–H and O–H groups in total. The highest BCUT2D eigenvalue weighted by Gasteiger charge is 2.22. The molecule has 0 fully saturated rings. The number of nitrogens with zero attached hydrogens (tertiary/aromatic N) is 2. The van der Waals surface area contributed by atoms with Crippen molar-refractivity contribution in [1.82, 2.24) is 0 Å². The lowest BCUT2D eigenvalue weighted by Crippen LogP contribution is -2.41. The first-order valence-electron chi connectivity index (χ1n) is 6.10. The lowest BCUT2D eigenvalue weighted by molar-refractivity contribution is -0.704. The molecule has 1 unspecified atom stereocenters. The normalized spacial score (nSPS) is 11.8. The van der Waals surface area contributed by atoms with E-state index in [0.29, 0.717) is 5.56 Å². The van der Waals surface area contributed by atoms with Crippen molar-refractivity contribution in [3.63, 3.8) is 0 Å². The van der Waals surface area contributed by atoms with E-state index < -0.39 is 0 Å². The van der Waals surface area contributed by atoms with Crippen LogP contribution in [0.4, 0.5) is 0 Å². The van der Waals surface area contributed by atoms with E-state index in [1.165, 1.54) is 0 Å². The number of carbonyl (C=O) groups excluding carboxylic acids is 1. The standard InChI is InChI=1S/C15H15N2O2/c1-12(15(18)14-5-3-2-4-6-14)17-9-7-13(8-10-17)11-16-19/h2-10,12H,11H2,1H3/q+1. The maximum atomic E-state index is 12.3. The van der Waals surface area contributed by atoms with Gasteiger partial charge in [-0.2, -0.15) is 9.47 Å². The molecule has 0 spiro atoms. The van der Waals surface area contributed by atoms with Crippen LogP contribution < -0.4 is 4.57 Å². The number of pyridine rings is 1. The van der Waals surface area contributed by atoms with Crippen molar-refractivity contribution in [2.45, 2.75) is 19.5 Å². The van der Waals surface area contributed by atoms with Gasteiger partial charge in [-0.25, -0.2) is 0 Å². The van der Waals surface area contributed by atoms with Gasteiger partial charge in [-0.3, -0.25) is 4.79 Å². The Hall–Kier alpha value is -2.36. The van der Waals surface area contributed by atoms with Crippen LogP contribution in [0.15, 0.2) is 60.0 Å². The number of Topliss-reactive ketones (excluding diaryl/α,β-unsaturated/α-hetero) is 1. The number of hydrogen-bond acceptors (Lipinski definition) is 3.